The summed E-state index contributed by atoms with van der Waals surface area (Å²) in [6.07, 6.45) is 1.44. The van der Waals surface area contributed by atoms with Crippen molar-refractivity contribution in [3.8, 4) is 0 Å². The molecule has 5 heteroatoms. The number of carbonyl (C=O) groups excluding carboxylic acids is 1. The highest BCUT2D eigenvalue weighted by atomic mass is 16.6. The van der Waals surface area contributed by atoms with Crippen molar-refractivity contribution in [2.75, 3.05) is 26.3 Å². The van der Waals surface area contributed by atoms with E-state index in [4.69, 9.17) is 9.47 Å². The van der Waals surface area contributed by atoms with Crippen LogP contribution in [0.15, 0.2) is 0 Å². The van der Waals surface area contributed by atoms with Crippen molar-refractivity contribution < 1.29 is 14.3 Å². The first kappa shape index (κ1) is 9.73. The van der Waals surface area contributed by atoms with Gasteiger partial charge in [-0.05, 0) is 13.0 Å². The molecule has 0 radical (unpaired) electrons. The SMILES string of the molecule is O=C(NC1CCNC1)OC1CCOC1. The maximum absolute atomic E-state index is 11.3. The summed E-state index contributed by atoms with van der Waals surface area (Å²) in [4.78, 5) is 11.3. The maximum atomic E-state index is 11.3. The van der Waals surface area contributed by atoms with Gasteiger partial charge in [-0.2, -0.15) is 0 Å². The van der Waals surface area contributed by atoms with Crippen molar-refractivity contribution in [2.45, 2.75) is 25.0 Å². The number of nitrogens with one attached hydrogen (secondary N) is 2. The van der Waals surface area contributed by atoms with Gasteiger partial charge in [0.25, 0.3) is 0 Å². The van der Waals surface area contributed by atoms with Crippen LogP contribution in [0.25, 0.3) is 0 Å². The number of rotatable bonds is 2. The molecule has 5 nitrogen and oxygen atoms in total. The smallest absolute Gasteiger partial charge is 0.407 e. The minimum absolute atomic E-state index is 0.0515. The Morgan fingerprint density at radius 1 is 1.50 bits per heavy atom. The first-order valence-electron chi connectivity index (χ1n) is 5.10. The summed E-state index contributed by atoms with van der Waals surface area (Å²) in [5, 5.41) is 6.00. The van der Waals surface area contributed by atoms with E-state index in [0.717, 1.165) is 25.9 Å². The number of alkyl carbamates (subject to hydrolysis) is 1. The molecular formula is C9H16N2O3. The lowest BCUT2D eigenvalue weighted by Gasteiger charge is -2.14. The van der Waals surface area contributed by atoms with Crippen molar-refractivity contribution in [1.29, 1.82) is 0 Å². The lowest BCUT2D eigenvalue weighted by molar-refractivity contribution is 0.0812. The molecular weight excluding hydrogens is 184 g/mol. The van der Waals surface area contributed by atoms with Gasteiger partial charge in [-0.3, -0.25) is 0 Å². The maximum Gasteiger partial charge on any atom is 0.407 e. The Labute approximate surface area is 83.1 Å². The third-order valence-electron chi connectivity index (χ3n) is 2.54. The molecule has 2 aliphatic heterocycles. The summed E-state index contributed by atoms with van der Waals surface area (Å²) in [6, 6.07) is 0.227. The van der Waals surface area contributed by atoms with Gasteiger partial charge in [0.1, 0.15) is 6.10 Å². The standard InChI is InChI=1S/C9H16N2O3/c12-9(11-7-1-3-10-5-7)14-8-2-4-13-6-8/h7-8,10H,1-6H2,(H,11,12). The zero-order valence-electron chi connectivity index (χ0n) is 8.12. The molecule has 2 fully saturated rings. The van der Waals surface area contributed by atoms with Crippen LogP contribution in [0.2, 0.25) is 0 Å². The zero-order chi connectivity index (χ0) is 9.80. The number of hydrogen-bond acceptors (Lipinski definition) is 4. The van der Waals surface area contributed by atoms with Crippen molar-refractivity contribution in [2.24, 2.45) is 0 Å². The molecule has 2 atom stereocenters. The van der Waals surface area contributed by atoms with Crippen LogP contribution >= 0.6 is 0 Å². The van der Waals surface area contributed by atoms with Crippen LogP contribution in [0, 0.1) is 0 Å². The van der Waals surface area contributed by atoms with Gasteiger partial charge in [0.05, 0.1) is 13.2 Å². The van der Waals surface area contributed by atoms with Crippen LogP contribution in [0.4, 0.5) is 4.79 Å². The third-order valence-corrected chi connectivity index (χ3v) is 2.54. The monoisotopic (exact) mass is 200 g/mol. The van der Waals surface area contributed by atoms with Crippen molar-refractivity contribution in [1.82, 2.24) is 10.6 Å². The molecule has 2 rings (SSSR count). The Morgan fingerprint density at radius 2 is 2.43 bits per heavy atom. The Morgan fingerprint density at radius 3 is 3.07 bits per heavy atom. The molecule has 2 aliphatic rings. The Bertz CT molecular complexity index is 178. The molecule has 14 heavy (non-hydrogen) atoms. The summed E-state index contributed by atoms with van der Waals surface area (Å²) >= 11 is 0. The van der Waals surface area contributed by atoms with E-state index >= 15 is 0 Å². The molecule has 0 saturated carbocycles. The molecule has 0 aromatic carbocycles. The predicted molar refractivity (Wildman–Crippen MR) is 50.1 cm³/mol. The fourth-order valence-electron chi connectivity index (χ4n) is 1.74. The largest absolute Gasteiger partial charge is 0.444 e. The van der Waals surface area contributed by atoms with E-state index in [-0.39, 0.29) is 18.2 Å². The second-order valence-corrected chi connectivity index (χ2v) is 3.72. The highest BCUT2D eigenvalue weighted by molar-refractivity contribution is 5.67. The average molecular weight is 200 g/mol. The summed E-state index contributed by atoms with van der Waals surface area (Å²) in [5.41, 5.74) is 0. The number of amides is 1. The quantitative estimate of drug-likeness (QED) is 0.651. The highest BCUT2D eigenvalue weighted by Gasteiger charge is 2.22. The van der Waals surface area contributed by atoms with E-state index in [1.54, 1.807) is 0 Å². The summed E-state index contributed by atoms with van der Waals surface area (Å²) < 4.78 is 10.3. The number of hydrogen-bond donors (Lipinski definition) is 2. The molecule has 0 spiro atoms. The van der Waals surface area contributed by atoms with Gasteiger partial charge in [-0.25, -0.2) is 4.79 Å². The van der Waals surface area contributed by atoms with Gasteiger partial charge in [-0.1, -0.05) is 0 Å². The van der Waals surface area contributed by atoms with Crippen LogP contribution in [0.3, 0.4) is 0 Å². The second-order valence-electron chi connectivity index (χ2n) is 3.72. The number of ether oxygens (including phenoxy) is 2. The average Bonchev–Trinajstić information content (AvgIpc) is 2.76. The highest BCUT2D eigenvalue weighted by Crippen LogP contribution is 2.08. The first-order valence-corrected chi connectivity index (χ1v) is 5.10. The molecule has 80 valence electrons. The Hall–Kier alpha value is -0.810. The topological polar surface area (TPSA) is 59.6 Å². The Balaban J connectivity index is 1.66. The van der Waals surface area contributed by atoms with E-state index in [1.165, 1.54) is 0 Å². The van der Waals surface area contributed by atoms with E-state index in [9.17, 15) is 4.79 Å². The molecule has 0 aliphatic carbocycles. The zero-order valence-corrected chi connectivity index (χ0v) is 8.12. The molecule has 2 unspecified atom stereocenters. The summed E-state index contributed by atoms with van der Waals surface area (Å²) in [6.45, 7) is 3.05. The second kappa shape index (κ2) is 4.61. The fraction of sp³-hybridized carbons (Fsp3) is 0.889. The predicted octanol–water partition coefficient (Wildman–Crippen LogP) is -0.137. The van der Waals surface area contributed by atoms with Gasteiger partial charge in [-0.15, -0.1) is 0 Å². The molecule has 0 aromatic heterocycles. The van der Waals surface area contributed by atoms with E-state index < -0.39 is 0 Å². The van der Waals surface area contributed by atoms with Gasteiger partial charge in [0.15, 0.2) is 0 Å². The van der Waals surface area contributed by atoms with Crippen molar-refractivity contribution >= 4 is 6.09 Å². The van der Waals surface area contributed by atoms with Crippen LogP contribution < -0.4 is 10.6 Å². The lowest BCUT2D eigenvalue weighted by atomic mass is 10.3. The minimum atomic E-state index is -0.311. The van der Waals surface area contributed by atoms with Crippen LogP contribution in [-0.2, 0) is 9.47 Å². The van der Waals surface area contributed by atoms with Crippen LogP contribution in [0.5, 0.6) is 0 Å². The van der Waals surface area contributed by atoms with Gasteiger partial charge in [0.2, 0.25) is 0 Å². The molecule has 2 saturated heterocycles. The first-order chi connectivity index (χ1) is 6.84. The van der Waals surface area contributed by atoms with Gasteiger partial charge in [0, 0.05) is 19.0 Å². The molecule has 0 aromatic rings. The van der Waals surface area contributed by atoms with E-state index in [2.05, 4.69) is 10.6 Å². The molecule has 2 heterocycles. The molecule has 2 N–H and O–H groups in total. The summed E-state index contributed by atoms with van der Waals surface area (Å²) in [5.74, 6) is 0. The van der Waals surface area contributed by atoms with Crippen LogP contribution in [-0.4, -0.2) is 44.5 Å². The normalized spacial score (nSPS) is 31.7. The van der Waals surface area contributed by atoms with Crippen molar-refractivity contribution in [3.63, 3.8) is 0 Å². The van der Waals surface area contributed by atoms with Crippen LogP contribution in [0.1, 0.15) is 12.8 Å². The van der Waals surface area contributed by atoms with E-state index in [1.807, 2.05) is 0 Å². The van der Waals surface area contributed by atoms with Gasteiger partial charge >= 0.3 is 6.09 Å². The minimum Gasteiger partial charge on any atom is -0.444 e. The number of carbonyl (C=O) groups is 1. The lowest BCUT2D eigenvalue weighted by Crippen LogP contribution is -2.38. The van der Waals surface area contributed by atoms with Gasteiger partial charge < -0.3 is 20.1 Å². The van der Waals surface area contributed by atoms with Crippen molar-refractivity contribution in [3.05, 3.63) is 0 Å². The fourth-order valence-corrected chi connectivity index (χ4v) is 1.74. The Kier molecular flexibility index (Phi) is 3.21. The summed E-state index contributed by atoms with van der Waals surface area (Å²) in [7, 11) is 0. The molecule has 1 amide bonds. The molecule has 0 bridgehead atoms. The van der Waals surface area contributed by atoms with E-state index in [0.29, 0.717) is 13.2 Å². The third kappa shape index (κ3) is 2.59.